The molecule has 1 aromatic heterocycles. The summed E-state index contributed by atoms with van der Waals surface area (Å²) in [5.41, 5.74) is 3.09. The maximum atomic E-state index is 13.0. The molecule has 90 valence electrons. The van der Waals surface area contributed by atoms with Crippen molar-refractivity contribution in [3.8, 4) is 0 Å². The summed E-state index contributed by atoms with van der Waals surface area (Å²) in [6, 6.07) is 10.5. The zero-order valence-corrected chi connectivity index (χ0v) is 10.5. The third kappa shape index (κ3) is 1.87. The Kier molecular flexibility index (Phi) is 2.76. The van der Waals surface area contributed by atoms with Crippen molar-refractivity contribution in [2.45, 2.75) is 0 Å². The minimum absolute atomic E-state index is 0.227. The quantitative estimate of drug-likeness (QED) is 0.778. The molecule has 2 heterocycles. The number of benzene rings is 1. The van der Waals surface area contributed by atoms with Crippen LogP contribution < -0.4 is 0 Å². The summed E-state index contributed by atoms with van der Waals surface area (Å²) >= 11 is 1.65. The highest BCUT2D eigenvalue weighted by Gasteiger charge is 2.23. The summed E-state index contributed by atoms with van der Waals surface area (Å²) in [7, 11) is 0. The lowest BCUT2D eigenvalue weighted by Crippen LogP contribution is -1.88. The second-order valence-corrected chi connectivity index (χ2v) is 5.00. The van der Waals surface area contributed by atoms with Gasteiger partial charge >= 0.3 is 0 Å². The molecule has 0 aliphatic carbocycles. The van der Waals surface area contributed by atoms with Crippen LogP contribution in [-0.2, 0) is 4.74 Å². The fourth-order valence-electron chi connectivity index (χ4n) is 2.06. The van der Waals surface area contributed by atoms with Crippen LogP contribution in [0.3, 0.4) is 0 Å². The number of hydrogen-bond donors (Lipinski definition) is 0. The first-order chi connectivity index (χ1) is 8.75. The molecule has 0 N–H and O–H groups in total. The first kappa shape index (κ1) is 11.2. The van der Waals surface area contributed by atoms with Crippen LogP contribution >= 0.6 is 11.3 Å². The Morgan fingerprint density at radius 3 is 2.61 bits per heavy atom. The van der Waals surface area contributed by atoms with Crippen LogP contribution in [0.4, 0.5) is 4.39 Å². The van der Waals surface area contributed by atoms with E-state index in [1.807, 2.05) is 17.5 Å². The van der Waals surface area contributed by atoms with Crippen LogP contribution in [0.15, 0.2) is 54.1 Å². The van der Waals surface area contributed by atoms with Gasteiger partial charge in [0, 0.05) is 16.0 Å². The largest absolute Gasteiger partial charge is 0.489 e. The molecule has 1 aliphatic heterocycles. The first-order valence-corrected chi connectivity index (χ1v) is 6.49. The zero-order chi connectivity index (χ0) is 12.5. The summed E-state index contributed by atoms with van der Waals surface area (Å²) in [5.74, 6) is 0.464. The molecule has 0 atom stereocenters. The van der Waals surface area contributed by atoms with E-state index < -0.39 is 0 Å². The van der Waals surface area contributed by atoms with E-state index in [4.69, 9.17) is 4.74 Å². The topological polar surface area (TPSA) is 9.23 Å². The average molecular weight is 258 g/mol. The number of allylic oxidation sites excluding steroid dienone is 1. The lowest BCUT2D eigenvalue weighted by molar-refractivity contribution is 0.286. The molecule has 1 aromatic carbocycles. The van der Waals surface area contributed by atoms with Crippen LogP contribution in [0.2, 0.25) is 0 Å². The van der Waals surface area contributed by atoms with E-state index in [1.54, 1.807) is 23.5 Å². The van der Waals surface area contributed by atoms with Crippen molar-refractivity contribution in [2.75, 3.05) is 6.61 Å². The van der Waals surface area contributed by atoms with Gasteiger partial charge in [0.1, 0.15) is 18.2 Å². The van der Waals surface area contributed by atoms with Gasteiger partial charge in [-0.15, -0.1) is 11.3 Å². The van der Waals surface area contributed by atoms with Crippen molar-refractivity contribution in [3.63, 3.8) is 0 Å². The predicted octanol–water partition coefficient (Wildman–Crippen LogP) is 4.34. The predicted molar refractivity (Wildman–Crippen MR) is 72.6 cm³/mol. The molecule has 0 saturated carbocycles. The molecule has 0 unspecified atom stereocenters. The molecule has 0 amide bonds. The van der Waals surface area contributed by atoms with Crippen molar-refractivity contribution >= 4 is 22.5 Å². The normalized spacial score (nSPS) is 15.1. The molecule has 1 aliphatic rings. The molecule has 0 bridgehead atoms. The van der Waals surface area contributed by atoms with Gasteiger partial charge in [-0.1, -0.05) is 24.8 Å². The van der Waals surface area contributed by atoms with Gasteiger partial charge in [0.15, 0.2) is 0 Å². The first-order valence-electron chi connectivity index (χ1n) is 5.61. The Balaban J connectivity index is 2.13. The Labute approximate surface area is 109 Å². The highest BCUT2D eigenvalue weighted by Crippen LogP contribution is 2.39. The molecule has 3 rings (SSSR count). The minimum atomic E-state index is -0.227. The zero-order valence-electron chi connectivity index (χ0n) is 9.65. The molecule has 1 nitrogen and oxygen atoms in total. The summed E-state index contributed by atoms with van der Waals surface area (Å²) in [4.78, 5) is 1.14. The lowest BCUT2D eigenvalue weighted by Gasteiger charge is -2.03. The summed E-state index contributed by atoms with van der Waals surface area (Å²) < 4.78 is 18.5. The van der Waals surface area contributed by atoms with Crippen LogP contribution in [-0.4, -0.2) is 6.61 Å². The van der Waals surface area contributed by atoms with Crippen molar-refractivity contribution in [1.82, 2.24) is 0 Å². The molecule has 2 aromatic rings. The average Bonchev–Trinajstić information content (AvgIpc) is 2.99. The van der Waals surface area contributed by atoms with Crippen molar-refractivity contribution in [3.05, 3.63) is 70.4 Å². The maximum Gasteiger partial charge on any atom is 0.123 e. The van der Waals surface area contributed by atoms with E-state index in [2.05, 4.69) is 6.58 Å². The molecule has 0 spiro atoms. The monoisotopic (exact) mass is 258 g/mol. The van der Waals surface area contributed by atoms with E-state index in [-0.39, 0.29) is 5.82 Å². The number of hydrogen-bond acceptors (Lipinski definition) is 2. The van der Waals surface area contributed by atoms with Crippen LogP contribution in [0.25, 0.3) is 11.1 Å². The molecule has 0 radical (unpaired) electrons. The van der Waals surface area contributed by atoms with Gasteiger partial charge < -0.3 is 4.74 Å². The Morgan fingerprint density at radius 1 is 1.17 bits per heavy atom. The molecule has 18 heavy (non-hydrogen) atoms. The van der Waals surface area contributed by atoms with E-state index in [0.717, 1.165) is 21.6 Å². The van der Waals surface area contributed by atoms with Gasteiger partial charge in [-0.25, -0.2) is 4.39 Å². The minimum Gasteiger partial charge on any atom is -0.489 e. The van der Waals surface area contributed by atoms with Crippen LogP contribution in [0.1, 0.15) is 10.4 Å². The second-order valence-electron chi connectivity index (χ2n) is 4.05. The van der Waals surface area contributed by atoms with Gasteiger partial charge in [-0.3, -0.25) is 0 Å². The molecule has 0 fully saturated rings. The van der Waals surface area contributed by atoms with Crippen molar-refractivity contribution in [2.24, 2.45) is 0 Å². The highest BCUT2D eigenvalue weighted by molar-refractivity contribution is 7.11. The SMILES string of the molecule is C=C1OCC(c2ccc(F)cc2)=C1c1cccs1. The van der Waals surface area contributed by atoms with Gasteiger partial charge in [0.2, 0.25) is 0 Å². The molecular weight excluding hydrogens is 247 g/mol. The number of ether oxygens (including phenoxy) is 1. The Hall–Kier alpha value is -1.87. The maximum absolute atomic E-state index is 13.0. The summed E-state index contributed by atoms with van der Waals surface area (Å²) in [5, 5.41) is 2.02. The second kappa shape index (κ2) is 4.42. The fraction of sp³-hybridized carbons (Fsp3) is 0.0667. The highest BCUT2D eigenvalue weighted by atomic mass is 32.1. The van der Waals surface area contributed by atoms with E-state index in [9.17, 15) is 4.39 Å². The molecular formula is C15H11FOS. The van der Waals surface area contributed by atoms with Crippen molar-refractivity contribution < 1.29 is 9.13 Å². The summed E-state index contributed by atoms with van der Waals surface area (Å²) in [6.07, 6.45) is 0. The van der Waals surface area contributed by atoms with Crippen molar-refractivity contribution in [1.29, 1.82) is 0 Å². The van der Waals surface area contributed by atoms with E-state index >= 15 is 0 Å². The van der Waals surface area contributed by atoms with E-state index in [0.29, 0.717) is 12.4 Å². The lowest BCUT2D eigenvalue weighted by atomic mass is 10.0. The summed E-state index contributed by atoms with van der Waals surface area (Å²) in [6.45, 7) is 4.44. The fourth-order valence-corrected chi connectivity index (χ4v) is 2.87. The third-order valence-corrected chi connectivity index (χ3v) is 3.82. The number of rotatable bonds is 2. The Bertz CT molecular complexity index is 608. The molecule has 3 heteroatoms. The number of halogens is 1. The van der Waals surface area contributed by atoms with Gasteiger partial charge in [0.25, 0.3) is 0 Å². The van der Waals surface area contributed by atoms with Gasteiger partial charge in [-0.05, 0) is 29.1 Å². The van der Waals surface area contributed by atoms with Crippen LogP contribution in [0.5, 0.6) is 0 Å². The molecule has 0 saturated heterocycles. The van der Waals surface area contributed by atoms with Gasteiger partial charge in [0.05, 0.1) is 0 Å². The van der Waals surface area contributed by atoms with Crippen LogP contribution in [0, 0.1) is 5.82 Å². The number of thiophene rings is 1. The van der Waals surface area contributed by atoms with Gasteiger partial charge in [-0.2, -0.15) is 0 Å². The Morgan fingerprint density at radius 2 is 1.94 bits per heavy atom. The smallest absolute Gasteiger partial charge is 0.123 e. The standard InChI is InChI=1S/C15H11FOS/c1-10-15(14-3-2-8-18-14)13(9-17-10)11-4-6-12(16)7-5-11/h2-8H,1,9H2. The third-order valence-electron chi connectivity index (χ3n) is 2.93. The van der Waals surface area contributed by atoms with E-state index in [1.165, 1.54) is 12.1 Å².